The summed E-state index contributed by atoms with van der Waals surface area (Å²) in [5.41, 5.74) is -0.528. The van der Waals surface area contributed by atoms with Crippen molar-refractivity contribution < 1.29 is 10.0 Å². The van der Waals surface area contributed by atoms with E-state index >= 15 is 0 Å². The Hall–Kier alpha value is -0.160. The molecule has 2 heterocycles. The zero-order valence-corrected chi connectivity index (χ0v) is 14.4. The number of nitrogens with zero attached hydrogens (tertiary/aromatic N) is 2. The van der Waals surface area contributed by atoms with E-state index in [1.54, 1.807) is 0 Å². The summed E-state index contributed by atoms with van der Waals surface area (Å²) >= 11 is 0. The van der Waals surface area contributed by atoms with Crippen LogP contribution in [-0.2, 0) is 4.84 Å². The van der Waals surface area contributed by atoms with Gasteiger partial charge in [0.2, 0.25) is 0 Å². The lowest BCUT2D eigenvalue weighted by molar-refractivity contribution is -0.292. The van der Waals surface area contributed by atoms with Crippen LogP contribution in [0.25, 0.3) is 0 Å². The van der Waals surface area contributed by atoms with Gasteiger partial charge in [0.05, 0.1) is 5.54 Å². The molecule has 1 unspecified atom stereocenters. The molecular formula is C16H32N2O2. The molecule has 0 spiro atoms. The Kier molecular flexibility index (Phi) is 3.58. The van der Waals surface area contributed by atoms with Gasteiger partial charge in [-0.2, -0.15) is 10.1 Å². The van der Waals surface area contributed by atoms with Gasteiger partial charge in [-0.05, 0) is 74.7 Å². The molecule has 1 atom stereocenters. The van der Waals surface area contributed by atoms with Crippen molar-refractivity contribution in [1.29, 1.82) is 0 Å². The van der Waals surface area contributed by atoms with Crippen LogP contribution in [0.5, 0.6) is 0 Å². The summed E-state index contributed by atoms with van der Waals surface area (Å²) in [7, 11) is 0. The van der Waals surface area contributed by atoms with Gasteiger partial charge in [0.25, 0.3) is 0 Å². The summed E-state index contributed by atoms with van der Waals surface area (Å²) < 4.78 is 0. The average molecular weight is 284 g/mol. The monoisotopic (exact) mass is 284 g/mol. The summed E-state index contributed by atoms with van der Waals surface area (Å²) in [6.45, 7) is 17.2. The van der Waals surface area contributed by atoms with Gasteiger partial charge < -0.3 is 5.21 Å². The van der Waals surface area contributed by atoms with E-state index in [0.717, 1.165) is 19.3 Å². The van der Waals surface area contributed by atoms with Crippen LogP contribution in [0, 0.1) is 0 Å². The lowest BCUT2D eigenvalue weighted by Crippen LogP contribution is -2.54. The second-order valence-corrected chi connectivity index (χ2v) is 9.00. The van der Waals surface area contributed by atoms with Gasteiger partial charge >= 0.3 is 0 Å². The molecule has 2 aliphatic rings. The SMILES string of the molecule is CC1(C)CCC(C)(C)N1OC1CC(C)(C)N(O)C1(C)C. The third-order valence-electron chi connectivity index (χ3n) is 5.27. The van der Waals surface area contributed by atoms with Crippen molar-refractivity contribution in [3.05, 3.63) is 0 Å². The molecule has 20 heavy (non-hydrogen) atoms. The van der Waals surface area contributed by atoms with Gasteiger partial charge in [-0.3, -0.25) is 4.84 Å². The van der Waals surface area contributed by atoms with Crippen LogP contribution >= 0.6 is 0 Å². The first kappa shape index (κ1) is 16.2. The van der Waals surface area contributed by atoms with Crippen molar-refractivity contribution in [3.8, 4) is 0 Å². The maximum Gasteiger partial charge on any atom is 0.101 e. The maximum atomic E-state index is 10.4. The van der Waals surface area contributed by atoms with Crippen LogP contribution in [0.2, 0.25) is 0 Å². The normalized spacial score (nSPS) is 35.5. The van der Waals surface area contributed by atoms with E-state index in [4.69, 9.17) is 4.84 Å². The first-order chi connectivity index (χ1) is 8.81. The van der Waals surface area contributed by atoms with Gasteiger partial charge in [0, 0.05) is 16.6 Å². The lowest BCUT2D eigenvalue weighted by Gasteiger charge is -2.43. The zero-order valence-electron chi connectivity index (χ0n) is 14.4. The highest BCUT2D eigenvalue weighted by Crippen LogP contribution is 2.46. The molecule has 0 aromatic carbocycles. The molecule has 2 fully saturated rings. The molecule has 118 valence electrons. The van der Waals surface area contributed by atoms with E-state index in [9.17, 15) is 5.21 Å². The van der Waals surface area contributed by atoms with Crippen molar-refractivity contribution in [3.63, 3.8) is 0 Å². The quantitative estimate of drug-likeness (QED) is 0.840. The Morgan fingerprint density at radius 3 is 1.65 bits per heavy atom. The molecule has 4 heteroatoms. The van der Waals surface area contributed by atoms with Gasteiger partial charge in [0.15, 0.2) is 0 Å². The molecule has 4 nitrogen and oxygen atoms in total. The summed E-state index contributed by atoms with van der Waals surface area (Å²) in [6.07, 6.45) is 3.11. The Balaban J connectivity index is 2.22. The molecule has 2 rings (SSSR count). The van der Waals surface area contributed by atoms with Crippen LogP contribution in [0.15, 0.2) is 0 Å². The van der Waals surface area contributed by atoms with Crippen LogP contribution in [-0.4, -0.2) is 43.6 Å². The van der Waals surface area contributed by atoms with Crippen molar-refractivity contribution in [2.75, 3.05) is 0 Å². The van der Waals surface area contributed by atoms with Crippen LogP contribution in [0.4, 0.5) is 0 Å². The summed E-state index contributed by atoms with van der Waals surface area (Å²) in [5, 5.41) is 14.1. The lowest BCUT2D eigenvalue weighted by atomic mass is 9.97. The zero-order chi connectivity index (χ0) is 15.6. The van der Waals surface area contributed by atoms with Gasteiger partial charge in [-0.1, -0.05) is 0 Å². The minimum absolute atomic E-state index is 0.000787. The predicted octanol–water partition coefficient (Wildman–Crippen LogP) is 3.59. The highest BCUT2D eigenvalue weighted by molar-refractivity contribution is 5.04. The van der Waals surface area contributed by atoms with Crippen LogP contribution in [0.1, 0.15) is 74.7 Å². The van der Waals surface area contributed by atoms with E-state index in [1.807, 2.05) is 0 Å². The molecule has 0 radical (unpaired) electrons. The third-order valence-corrected chi connectivity index (χ3v) is 5.27. The fourth-order valence-corrected chi connectivity index (χ4v) is 3.92. The predicted molar refractivity (Wildman–Crippen MR) is 80.5 cm³/mol. The van der Waals surface area contributed by atoms with E-state index in [1.165, 1.54) is 5.06 Å². The fourth-order valence-electron chi connectivity index (χ4n) is 3.92. The molecule has 0 bridgehead atoms. The fraction of sp³-hybridized carbons (Fsp3) is 1.00. The molecule has 0 saturated carbocycles. The third kappa shape index (κ3) is 2.41. The van der Waals surface area contributed by atoms with Crippen molar-refractivity contribution >= 4 is 0 Å². The van der Waals surface area contributed by atoms with E-state index in [0.29, 0.717) is 0 Å². The van der Waals surface area contributed by atoms with Gasteiger partial charge in [-0.25, -0.2) is 0 Å². The molecule has 2 aliphatic heterocycles. The number of hydrogen-bond donors (Lipinski definition) is 1. The van der Waals surface area contributed by atoms with E-state index in [2.05, 4.69) is 60.5 Å². The Morgan fingerprint density at radius 1 is 0.850 bits per heavy atom. The highest BCUT2D eigenvalue weighted by atomic mass is 16.7. The van der Waals surface area contributed by atoms with E-state index in [-0.39, 0.29) is 28.3 Å². The Bertz CT molecular complexity index is 372. The summed E-state index contributed by atoms with van der Waals surface area (Å²) in [4.78, 5) is 6.46. The second-order valence-electron chi connectivity index (χ2n) is 9.00. The highest BCUT2D eigenvalue weighted by Gasteiger charge is 2.55. The number of hydroxylamine groups is 4. The van der Waals surface area contributed by atoms with Crippen molar-refractivity contribution in [2.45, 2.75) is 103 Å². The molecule has 0 aliphatic carbocycles. The minimum atomic E-state index is -0.377. The van der Waals surface area contributed by atoms with Crippen molar-refractivity contribution in [1.82, 2.24) is 10.1 Å². The number of rotatable bonds is 2. The second kappa shape index (κ2) is 4.42. The summed E-state index contributed by atoms with van der Waals surface area (Å²) in [6, 6.07) is 0. The smallest absolute Gasteiger partial charge is 0.101 e. The first-order valence-electron chi connectivity index (χ1n) is 7.77. The molecule has 0 aromatic rings. The standard InChI is InChI=1S/C16H32N2O2/c1-13(2)9-10-14(3,4)18(13)20-12-11-15(5,6)17(19)16(12,7)8/h12,19H,9-11H2,1-8H3. The maximum absolute atomic E-state index is 10.4. The Labute approximate surface area is 124 Å². The first-order valence-corrected chi connectivity index (χ1v) is 7.77. The summed E-state index contributed by atoms with van der Waals surface area (Å²) in [5.74, 6) is 0. The Morgan fingerprint density at radius 2 is 1.30 bits per heavy atom. The molecule has 1 N–H and O–H groups in total. The molecule has 0 aromatic heterocycles. The molecule has 2 saturated heterocycles. The topological polar surface area (TPSA) is 35.9 Å². The number of hydrogen-bond acceptors (Lipinski definition) is 4. The van der Waals surface area contributed by atoms with Crippen molar-refractivity contribution in [2.24, 2.45) is 0 Å². The average Bonchev–Trinajstić information content (AvgIpc) is 2.57. The molecule has 0 amide bonds. The van der Waals surface area contributed by atoms with Gasteiger partial charge in [-0.15, -0.1) is 0 Å². The largest absolute Gasteiger partial charge is 0.313 e. The molecular weight excluding hydrogens is 252 g/mol. The minimum Gasteiger partial charge on any atom is -0.313 e. The van der Waals surface area contributed by atoms with Crippen LogP contribution < -0.4 is 0 Å². The van der Waals surface area contributed by atoms with Gasteiger partial charge in [0.1, 0.15) is 6.10 Å². The van der Waals surface area contributed by atoms with E-state index < -0.39 is 0 Å². The van der Waals surface area contributed by atoms with Crippen LogP contribution in [0.3, 0.4) is 0 Å².